The molecule has 2 aliphatic rings. The molecule has 4 nitrogen and oxygen atoms in total. The molecule has 0 unspecified atom stereocenters. The zero-order valence-electron chi connectivity index (χ0n) is 25.4. The summed E-state index contributed by atoms with van der Waals surface area (Å²) in [5.41, 5.74) is 7.18. The van der Waals surface area contributed by atoms with Crippen LogP contribution in [0.25, 0.3) is 27.4 Å². The Hall–Kier alpha value is -4.28. The number of pyridine rings is 2. The molecule has 0 amide bonds. The lowest BCUT2D eigenvalue weighted by atomic mass is 9.60. The van der Waals surface area contributed by atoms with Crippen molar-refractivity contribution in [2.24, 2.45) is 10.8 Å². The van der Waals surface area contributed by atoms with Gasteiger partial charge in [0.05, 0.1) is 46.4 Å². The Kier molecular flexibility index (Phi) is 7.89. The van der Waals surface area contributed by atoms with Crippen LogP contribution in [-0.2, 0) is 5.41 Å². The first-order valence-electron chi connectivity index (χ1n) is 15.8. The molecule has 0 bridgehead atoms. The number of benzene rings is 2. The highest BCUT2D eigenvalue weighted by molar-refractivity contribution is 5.66. The Morgan fingerprint density at radius 2 is 1.21 bits per heavy atom. The maximum absolute atomic E-state index is 9.57. The van der Waals surface area contributed by atoms with Gasteiger partial charge in [0.1, 0.15) is 0 Å². The first kappa shape index (κ1) is 28.8. The Balaban J connectivity index is 1.57. The van der Waals surface area contributed by atoms with Crippen LogP contribution in [0.2, 0.25) is 0 Å². The molecule has 0 saturated heterocycles. The van der Waals surface area contributed by atoms with E-state index in [-0.39, 0.29) is 16.2 Å². The second-order valence-electron chi connectivity index (χ2n) is 13.6. The number of rotatable bonds is 8. The molecular formula is C39H40N4. The summed E-state index contributed by atoms with van der Waals surface area (Å²) in [6.07, 6.45) is 12.0. The second-order valence-corrected chi connectivity index (χ2v) is 13.6. The molecular weight excluding hydrogens is 524 g/mol. The van der Waals surface area contributed by atoms with Crippen molar-refractivity contribution in [1.29, 1.82) is 5.26 Å². The van der Waals surface area contributed by atoms with Crippen molar-refractivity contribution in [3.63, 3.8) is 0 Å². The van der Waals surface area contributed by atoms with Crippen LogP contribution in [0, 0.1) is 28.7 Å². The zero-order chi connectivity index (χ0) is 29.9. The smallest absolute Gasteiger partial charge is 0.187 e. The van der Waals surface area contributed by atoms with Gasteiger partial charge in [-0.3, -0.25) is 9.97 Å². The monoisotopic (exact) mass is 564 g/mol. The number of aromatic nitrogens is 2. The topological polar surface area (TPSA) is 53.9 Å². The number of nitriles is 1. The maximum atomic E-state index is 9.57. The van der Waals surface area contributed by atoms with Gasteiger partial charge in [-0.1, -0.05) is 82.0 Å². The molecule has 6 rings (SSSR count). The van der Waals surface area contributed by atoms with Gasteiger partial charge in [0.15, 0.2) is 5.69 Å². The summed E-state index contributed by atoms with van der Waals surface area (Å²) in [6, 6.07) is 30.7. The van der Waals surface area contributed by atoms with Crippen LogP contribution < -0.4 is 0 Å². The molecule has 4 heteroatoms. The van der Waals surface area contributed by atoms with Gasteiger partial charge >= 0.3 is 0 Å². The standard InChI is InChI=1S/C39H40N4/c1-37(20-4-5-21-37)27-39(28-38(2)22-6-7-23-38,35-18-10-16-33(42-35)30-13-8-12-29(24-30)26-40)36-19-11-17-34(43-36)31-14-9-15-32(25-31)41-3/h8-19,24-25H,4-7,20-23,27-28H2,1-2H3. The molecule has 0 atom stereocenters. The van der Waals surface area contributed by atoms with Crippen LogP contribution in [-0.4, -0.2) is 9.97 Å². The molecule has 0 spiro atoms. The van der Waals surface area contributed by atoms with Crippen molar-refractivity contribution in [3.8, 4) is 28.6 Å². The SMILES string of the molecule is [C-]#[N+]c1cccc(-c2cccc(C(CC3(C)CCCC3)(CC3(C)CCCC3)c3cccc(-c4cccc(C#N)c4)n3)n2)c1. The van der Waals surface area contributed by atoms with Crippen LogP contribution in [0.3, 0.4) is 0 Å². The minimum Gasteiger partial charge on any atom is -0.252 e. The molecule has 0 N–H and O–H groups in total. The lowest BCUT2D eigenvalue weighted by molar-refractivity contribution is 0.163. The van der Waals surface area contributed by atoms with Crippen molar-refractivity contribution < 1.29 is 0 Å². The van der Waals surface area contributed by atoms with Crippen molar-refractivity contribution in [1.82, 2.24) is 9.97 Å². The number of hydrogen-bond acceptors (Lipinski definition) is 3. The third kappa shape index (κ3) is 5.98. The minimum absolute atomic E-state index is 0.203. The maximum Gasteiger partial charge on any atom is 0.187 e. The van der Waals surface area contributed by atoms with Gasteiger partial charge in [-0.2, -0.15) is 5.26 Å². The molecule has 216 valence electrons. The summed E-state index contributed by atoms with van der Waals surface area (Å²) in [4.78, 5) is 14.6. The summed E-state index contributed by atoms with van der Waals surface area (Å²) in [6.45, 7) is 12.5. The van der Waals surface area contributed by atoms with Crippen molar-refractivity contribution in [2.75, 3.05) is 0 Å². The van der Waals surface area contributed by atoms with E-state index < -0.39 is 0 Å². The zero-order valence-corrected chi connectivity index (χ0v) is 25.4. The third-order valence-electron chi connectivity index (χ3n) is 10.1. The van der Waals surface area contributed by atoms with Crippen LogP contribution >= 0.6 is 0 Å². The van der Waals surface area contributed by atoms with E-state index in [0.717, 1.165) is 46.7 Å². The Morgan fingerprint density at radius 1 is 0.721 bits per heavy atom. The van der Waals surface area contributed by atoms with Crippen molar-refractivity contribution >= 4 is 5.69 Å². The van der Waals surface area contributed by atoms with Gasteiger partial charge in [-0.05, 0) is 97.4 Å². The summed E-state index contributed by atoms with van der Waals surface area (Å²) in [5.74, 6) is 0. The first-order valence-corrected chi connectivity index (χ1v) is 15.8. The summed E-state index contributed by atoms with van der Waals surface area (Å²) in [5, 5.41) is 9.57. The van der Waals surface area contributed by atoms with E-state index in [0.29, 0.717) is 11.3 Å². The highest BCUT2D eigenvalue weighted by Gasteiger charge is 2.49. The van der Waals surface area contributed by atoms with E-state index in [1.165, 1.54) is 51.4 Å². The van der Waals surface area contributed by atoms with Gasteiger partial charge in [0.2, 0.25) is 0 Å². The fraction of sp³-hybridized carbons (Fsp3) is 0.385. The fourth-order valence-electron chi connectivity index (χ4n) is 8.03. The molecule has 4 aromatic rings. The van der Waals surface area contributed by atoms with E-state index in [4.69, 9.17) is 16.5 Å². The highest BCUT2D eigenvalue weighted by atomic mass is 14.8. The lowest BCUT2D eigenvalue weighted by Crippen LogP contribution is -2.40. The molecule has 43 heavy (non-hydrogen) atoms. The number of hydrogen-bond donors (Lipinski definition) is 0. The van der Waals surface area contributed by atoms with E-state index in [1.807, 2.05) is 36.4 Å². The summed E-state index contributed by atoms with van der Waals surface area (Å²) in [7, 11) is 0. The van der Waals surface area contributed by atoms with Gasteiger partial charge < -0.3 is 0 Å². The molecule has 2 aromatic carbocycles. The lowest BCUT2D eigenvalue weighted by Gasteiger charge is -2.44. The van der Waals surface area contributed by atoms with Crippen LogP contribution in [0.1, 0.15) is 95.0 Å². The van der Waals surface area contributed by atoms with E-state index >= 15 is 0 Å². The Labute approximate surface area is 256 Å². The molecule has 2 heterocycles. The largest absolute Gasteiger partial charge is 0.252 e. The number of nitrogens with zero attached hydrogens (tertiary/aromatic N) is 4. The van der Waals surface area contributed by atoms with Crippen molar-refractivity contribution in [3.05, 3.63) is 113 Å². The molecule has 2 aliphatic carbocycles. The Morgan fingerprint density at radius 3 is 1.72 bits per heavy atom. The molecule has 2 saturated carbocycles. The average Bonchev–Trinajstić information content (AvgIpc) is 3.68. The minimum atomic E-state index is -0.381. The predicted octanol–water partition coefficient (Wildman–Crippen LogP) is 10.5. The van der Waals surface area contributed by atoms with Crippen LogP contribution in [0.15, 0.2) is 84.9 Å². The van der Waals surface area contributed by atoms with E-state index in [1.54, 1.807) is 0 Å². The van der Waals surface area contributed by atoms with Gasteiger partial charge in [0.25, 0.3) is 0 Å². The first-order chi connectivity index (χ1) is 20.8. The van der Waals surface area contributed by atoms with Gasteiger partial charge in [-0.15, -0.1) is 0 Å². The third-order valence-corrected chi connectivity index (χ3v) is 10.1. The fourth-order valence-corrected chi connectivity index (χ4v) is 8.03. The second kappa shape index (κ2) is 11.8. The average molecular weight is 565 g/mol. The van der Waals surface area contributed by atoms with E-state index in [2.05, 4.69) is 73.3 Å². The highest BCUT2D eigenvalue weighted by Crippen LogP contribution is 2.56. The summed E-state index contributed by atoms with van der Waals surface area (Å²) < 4.78 is 0. The summed E-state index contributed by atoms with van der Waals surface area (Å²) >= 11 is 0. The van der Waals surface area contributed by atoms with Crippen LogP contribution in [0.5, 0.6) is 0 Å². The normalized spacial score (nSPS) is 17.3. The van der Waals surface area contributed by atoms with Gasteiger partial charge in [0, 0.05) is 5.56 Å². The van der Waals surface area contributed by atoms with Crippen molar-refractivity contribution in [2.45, 2.75) is 83.5 Å². The van der Waals surface area contributed by atoms with Gasteiger partial charge in [-0.25, -0.2) is 4.85 Å². The molecule has 2 fully saturated rings. The Bertz CT molecular complexity index is 1570. The van der Waals surface area contributed by atoms with Crippen LogP contribution in [0.4, 0.5) is 5.69 Å². The predicted molar refractivity (Wildman–Crippen MR) is 173 cm³/mol. The molecule has 2 aromatic heterocycles. The molecule has 0 radical (unpaired) electrons. The van der Waals surface area contributed by atoms with E-state index in [9.17, 15) is 5.26 Å². The molecule has 0 aliphatic heterocycles. The quantitative estimate of drug-likeness (QED) is 0.200.